The van der Waals surface area contributed by atoms with Gasteiger partial charge in [-0.2, -0.15) is 0 Å². The average molecular weight is 436 g/mol. The molecule has 2 fully saturated rings. The van der Waals surface area contributed by atoms with Crippen LogP contribution in [0.5, 0.6) is 0 Å². The Kier molecular flexibility index (Phi) is 5.35. The molecule has 30 heavy (non-hydrogen) atoms. The van der Waals surface area contributed by atoms with Gasteiger partial charge in [0.2, 0.25) is 23.6 Å². The first kappa shape index (κ1) is 21.8. The first-order valence-electron chi connectivity index (χ1n) is 9.39. The molecule has 0 saturated carbocycles. The Morgan fingerprint density at radius 3 is 2.13 bits per heavy atom. The van der Waals surface area contributed by atoms with E-state index in [0.29, 0.717) is 11.4 Å². The van der Waals surface area contributed by atoms with E-state index < -0.39 is 49.8 Å². The van der Waals surface area contributed by atoms with Crippen molar-refractivity contribution in [3.8, 4) is 0 Å². The lowest BCUT2D eigenvalue weighted by atomic mass is 9.97. The van der Waals surface area contributed by atoms with Crippen LogP contribution in [0.15, 0.2) is 24.3 Å². The Morgan fingerprint density at radius 2 is 1.63 bits per heavy atom. The number of hydrogen-bond donors (Lipinski definition) is 3. The molecule has 3 atom stereocenters. The van der Waals surface area contributed by atoms with Crippen molar-refractivity contribution in [3.63, 3.8) is 0 Å². The van der Waals surface area contributed by atoms with Gasteiger partial charge in [0.05, 0.1) is 11.2 Å². The van der Waals surface area contributed by atoms with Crippen LogP contribution in [0.2, 0.25) is 0 Å². The van der Waals surface area contributed by atoms with Crippen LogP contribution in [-0.2, 0) is 29.0 Å². The summed E-state index contributed by atoms with van der Waals surface area (Å²) in [6.07, 6.45) is -0.125. The number of fused-ring (bicyclic) bond motifs is 1. The summed E-state index contributed by atoms with van der Waals surface area (Å²) in [6.45, 7) is 5.68. The summed E-state index contributed by atoms with van der Waals surface area (Å²) in [7, 11) is -3.70. The lowest BCUT2D eigenvalue weighted by Gasteiger charge is -2.37. The SMILES string of the molecule is CC(=O)Nc1ccc(NC(=O)C(C)NC(=O)C2N3C(=O)CC3S(=O)(=O)C2(C)C)cc1. The van der Waals surface area contributed by atoms with Crippen molar-refractivity contribution in [1.82, 2.24) is 10.2 Å². The number of carbonyl (C=O) groups is 4. The summed E-state index contributed by atoms with van der Waals surface area (Å²) in [4.78, 5) is 49.3. The highest BCUT2D eigenvalue weighted by molar-refractivity contribution is 7.93. The molecule has 0 bridgehead atoms. The smallest absolute Gasteiger partial charge is 0.246 e. The second-order valence-electron chi connectivity index (χ2n) is 7.99. The van der Waals surface area contributed by atoms with Gasteiger partial charge in [-0.15, -0.1) is 0 Å². The molecule has 1 aromatic rings. The highest BCUT2D eigenvalue weighted by atomic mass is 32.2. The molecule has 0 spiro atoms. The molecule has 0 aromatic heterocycles. The van der Waals surface area contributed by atoms with E-state index in [1.165, 1.54) is 27.7 Å². The van der Waals surface area contributed by atoms with Crippen molar-refractivity contribution in [2.24, 2.45) is 0 Å². The maximum absolute atomic E-state index is 12.8. The molecule has 3 rings (SSSR count). The molecule has 3 N–H and O–H groups in total. The molecule has 2 aliphatic heterocycles. The van der Waals surface area contributed by atoms with Crippen molar-refractivity contribution in [2.75, 3.05) is 10.6 Å². The number of β-lactam (4-membered cyclic amide) rings is 1. The zero-order valence-electron chi connectivity index (χ0n) is 17.1. The standard InChI is InChI=1S/C19H24N4O6S/c1-10(17(26)22-13-7-5-12(6-8-13)21-11(2)24)20-18(27)16-19(3,4)30(28,29)15-9-14(25)23(15)16/h5-8,10,15-16H,9H2,1-4H3,(H,20,27)(H,21,24)(H,22,26). The molecule has 2 saturated heterocycles. The van der Waals surface area contributed by atoms with Crippen LogP contribution in [-0.4, -0.2) is 59.2 Å². The molecule has 2 heterocycles. The quantitative estimate of drug-likeness (QED) is 0.564. The number of nitrogens with one attached hydrogen (secondary N) is 3. The summed E-state index contributed by atoms with van der Waals surface area (Å²) >= 11 is 0. The Labute approximate surface area is 174 Å². The molecular formula is C19H24N4O6S. The van der Waals surface area contributed by atoms with Gasteiger partial charge in [0.1, 0.15) is 17.5 Å². The lowest BCUT2D eigenvalue weighted by molar-refractivity contribution is -0.150. The zero-order chi connectivity index (χ0) is 22.4. The molecule has 2 aliphatic rings. The predicted molar refractivity (Wildman–Crippen MR) is 109 cm³/mol. The second-order valence-corrected chi connectivity index (χ2v) is 10.7. The fourth-order valence-electron chi connectivity index (χ4n) is 3.70. The Hall–Kier alpha value is -2.95. The van der Waals surface area contributed by atoms with Gasteiger partial charge >= 0.3 is 0 Å². The van der Waals surface area contributed by atoms with Crippen molar-refractivity contribution >= 4 is 44.8 Å². The van der Waals surface area contributed by atoms with Gasteiger partial charge in [-0.1, -0.05) is 0 Å². The number of rotatable bonds is 5. The van der Waals surface area contributed by atoms with E-state index in [-0.39, 0.29) is 12.3 Å². The van der Waals surface area contributed by atoms with E-state index in [0.717, 1.165) is 4.90 Å². The Morgan fingerprint density at radius 1 is 1.10 bits per heavy atom. The molecule has 11 heteroatoms. The minimum Gasteiger partial charge on any atom is -0.343 e. The van der Waals surface area contributed by atoms with E-state index in [1.807, 2.05) is 0 Å². The number of amides is 4. The van der Waals surface area contributed by atoms with Gasteiger partial charge in [-0.3, -0.25) is 19.2 Å². The van der Waals surface area contributed by atoms with Crippen molar-refractivity contribution in [1.29, 1.82) is 0 Å². The summed E-state index contributed by atoms with van der Waals surface area (Å²) in [5.74, 6) is -1.82. The topological polar surface area (TPSA) is 142 Å². The average Bonchev–Trinajstić information content (AvgIpc) is 2.76. The predicted octanol–water partition coefficient (Wildman–Crippen LogP) is 0.222. The number of benzene rings is 1. The molecule has 3 unspecified atom stereocenters. The zero-order valence-corrected chi connectivity index (χ0v) is 17.9. The van der Waals surface area contributed by atoms with E-state index in [4.69, 9.17) is 0 Å². The lowest BCUT2D eigenvalue weighted by Crippen LogP contribution is -2.61. The van der Waals surface area contributed by atoms with Crippen LogP contribution in [0.3, 0.4) is 0 Å². The first-order valence-corrected chi connectivity index (χ1v) is 10.9. The largest absolute Gasteiger partial charge is 0.343 e. The number of hydrogen-bond acceptors (Lipinski definition) is 6. The van der Waals surface area contributed by atoms with Gasteiger partial charge < -0.3 is 20.9 Å². The third-order valence-electron chi connectivity index (χ3n) is 5.45. The first-order chi connectivity index (χ1) is 13.9. The minimum absolute atomic E-state index is 0.125. The molecule has 1 aromatic carbocycles. The van der Waals surface area contributed by atoms with E-state index >= 15 is 0 Å². The summed E-state index contributed by atoms with van der Waals surface area (Å²) < 4.78 is 23.8. The van der Waals surface area contributed by atoms with Crippen LogP contribution in [0.25, 0.3) is 0 Å². The van der Waals surface area contributed by atoms with Crippen LogP contribution < -0.4 is 16.0 Å². The fraction of sp³-hybridized carbons (Fsp3) is 0.474. The van der Waals surface area contributed by atoms with Crippen molar-refractivity contribution in [3.05, 3.63) is 24.3 Å². The minimum atomic E-state index is -3.70. The summed E-state index contributed by atoms with van der Waals surface area (Å²) in [5.41, 5.74) is 1.03. The number of sulfone groups is 1. The van der Waals surface area contributed by atoms with Crippen LogP contribution in [0.4, 0.5) is 11.4 Å². The Bertz CT molecular complexity index is 1020. The van der Waals surface area contributed by atoms with E-state index in [9.17, 15) is 27.6 Å². The van der Waals surface area contributed by atoms with E-state index in [1.54, 1.807) is 24.3 Å². The molecule has 0 aliphatic carbocycles. The van der Waals surface area contributed by atoms with Gasteiger partial charge in [0.15, 0.2) is 9.84 Å². The monoisotopic (exact) mass is 436 g/mol. The van der Waals surface area contributed by atoms with E-state index in [2.05, 4.69) is 16.0 Å². The van der Waals surface area contributed by atoms with Gasteiger partial charge in [-0.05, 0) is 45.0 Å². The van der Waals surface area contributed by atoms with Crippen LogP contribution >= 0.6 is 0 Å². The van der Waals surface area contributed by atoms with Crippen LogP contribution in [0.1, 0.15) is 34.1 Å². The molecule has 162 valence electrons. The van der Waals surface area contributed by atoms with Gasteiger partial charge in [-0.25, -0.2) is 8.42 Å². The van der Waals surface area contributed by atoms with Gasteiger partial charge in [0.25, 0.3) is 0 Å². The molecule has 0 radical (unpaired) electrons. The molecular weight excluding hydrogens is 412 g/mol. The highest BCUT2D eigenvalue weighted by Crippen LogP contribution is 2.45. The van der Waals surface area contributed by atoms with Crippen LogP contribution in [0, 0.1) is 0 Å². The number of carbonyl (C=O) groups excluding carboxylic acids is 4. The second kappa shape index (κ2) is 7.38. The third kappa shape index (κ3) is 3.53. The third-order valence-corrected chi connectivity index (χ3v) is 8.25. The maximum Gasteiger partial charge on any atom is 0.246 e. The highest BCUT2D eigenvalue weighted by Gasteiger charge is 2.67. The maximum atomic E-state index is 12.8. The van der Waals surface area contributed by atoms with Crippen molar-refractivity contribution < 1.29 is 27.6 Å². The van der Waals surface area contributed by atoms with Crippen molar-refractivity contribution in [2.45, 2.75) is 56.3 Å². The normalized spacial score (nSPS) is 24.3. The number of anilines is 2. The summed E-state index contributed by atoms with van der Waals surface area (Å²) in [6, 6.07) is 4.24. The van der Waals surface area contributed by atoms with Gasteiger partial charge in [0, 0.05) is 18.3 Å². The molecule has 4 amide bonds. The molecule has 10 nitrogen and oxygen atoms in total. The fourth-order valence-corrected chi connectivity index (χ4v) is 5.84. The summed E-state index contributed by atoms with van der Waals surface area (Å²) in [5, 5.41) is 6.77. The Balaban J connectivity index is 1.66. The number of nitrogens with zero attached hydrogens (tertiary/aromatic N) is 1.